The molecule has 3 aliphatic rings. The predicted octanol–water partition coefficient (Wildman–Crippen LogP) is 5.88. The van der Waals surface area contributed by atoms with Gasteiger partial charge in [0, 0.05) is 35.0 Å². The smallest absolute Gasteiger partial charge is 0.248 e. The molecule has 3 amide bonds. The number of ether oxygens (including phenoxy) is 1. The molecule has 2 fully saturated rings. The first-order valence-corrected chi connectivity index (χ1v) is 15.5. The second kappa shape index (κ2) is 11.0. The van der Waals surface area contributed by atoms with Gasteiger partial charge in [0.05, 0.1) is 24.0 Å². The second-order valence-electron chi connectivity index (χ2n) is 13.0. The van der Waals surface area contributed by atoms with Gasteiger partial charge in [-0.05, 0) is 54.2 Å². The van der Waals surface area contributed by atoms with Gasteiger partial charge in [-0.3, -0.25) is 24.2 Å². The number of rotatable bonds is 6. The number of anilines is 2. The molecular weight excluding hydrogens is 620 g/mol. The van der Waals surface area contributed by atoms with Crippen LogP contribution in [0.25, 0.3) is 0 Å². The Morgan fingerprint density at radius 3 is 2.56 bits per heavy atom. The first kappa shape index (κ1) is 31.3. The lowest BCUT2D eigenvalue weighted by atomic mass is 9.62. The van der Waals surface area contributed by atoms with Crippen LogP contribution in [0.15, 0.2) is 48.7 Å². The van der Waals surface area contributed by atoms with Crippen LogP contribution in [0, 0.1) is 11.2 Å². The number of carbonyl (C=O) groups is 3. The summed E-state index contributed by atoms with van der Waals surface area (Å²) in [5, 5.41) is 3.09. The normalized spacial score (nSPS) is 25.9. The Bertz CT molecular complexity index is 1750. The molecule has 9 nitrogen and oxygen atoms in total. The lowest BCUT2D eigenvalue weighted by molar-refractivity contribution is -0.123. The number of nitrogens with zero attached hydrogens (tertiary/aromatic N) is 3. The molecule has 1 aromatic heterocycles. The van der Waals surface area contributed by atoms with E-state index in [1.807, 2.05) is 6.92 Å². The number of carbonyl (C=O) groups excluding carboxylic acids is 3. The number of primary amides is 1. The van der Waals surface area contributed by atoms with Gasteiger partial charge in [-0.15, -0.1) is 0 Å². The first-order valence-electron chi connectivity index (χ1n) is 14.8. The van der Waals surface area contributed by atoms with Crippen LogP contribution in [0.3, 0.4) is 0 Å². The molecular formula is C33H34Cl2FN5O4. The van der Waals surface area contributed by atoms with Crippen molar-refractivity contribution in [1.29, 1.82) is 0 Å². The summed E-state index contributed by atoms with van der Waals surface area (Å²) < 4.78 is 21.9. The highest BCUT2D eigenvalue weighted by Gasteiger charge is 2.73. The average Bonchev–Trinajstić information content (AvgIpc) is 3.54. The monoisotopic (exact) mass is 653 g/mol. The zero-order valence-corrected chi connectivity index (χ0v) is 27.0. The number of hydrogen-bond donors (Lipinski definition) is 2. The molecule has 45 heavy (non-hydrogen) atoms. The summed E-state index contributed by atoms with van der Waals surface area (Å²) in [5.74, 6) is -2.72. The number of nitrogens with two attached hydrogens (primary N) is 1. The van der Waals surface area contributed by atoms with E-state index in [1.54, 1.807) is 41.4 Å². The molecule has 12 heteroatoms. The average molecular weight is 655 g/mol. The molecule has 3 aromatic rings. The van der Waals surface area contributed by atoms with Gasteiger partial charge in [-0.25, -0.2) is 9.37 Å². The van der Waals surface area contributed by atoms with Gasteiger partial charge in [0.2, 0.25) is 17.7 Å². The van der Waals surface area contributed by atoms with Crippen molar-refractivity contribution in [2.24, 2.45) is 11.1 Å². The number of fused-ring (bicyclic) bond motifs is 3. The quantitative estimate of drug-likeness (QED) is 0.321. The van der Waals surface area contributed by atoms with Gasteiger partial charge >= 0.3 is 0 Å². The van der Waals surface area contributed by atoms with Gasteiger partial charge in [-0.1, -0.05) is 63.0 Å². The van der Waals surface area contributed by atoms with Crippen LogP contribution >= 0.6 is 23.2 Å². The van der Waals surface area contributed by atoms with Crippen LogP contribution in [0.4, 0.5) is 15.8 Å². The molecule has 4 heterocycles. The molecule has 6 rings (SSSR count). The van der Waals surface area contributed by atoms with Gasteiger partial charge in [0.1, 0.15) is 28.2 Å². The van der Waals surface area contributed by atoms with E-state index < -0.39 is 41.3 Å². The maximum atomic E-state index is 16.2. The second-order valence-corrected chi connectivity index (χ2v) is 13.8. The molecule has 0 radical (unpaired) electrons. The fraction of sp³-hybridized carbons (Fsp3) is 0.394. The molecule has 236 valence electrons. The number of nitrogens with one attached hydrogen (secondary N) is 1. The van der Waals surface area contributed by atoms with Crippen molar-refractivity contribution in [3.63, 3.8) is 0 Å². The molecule has 1 spiro atoms. The minimum Gasteiger partial charge on any atom is -0.495 e. The van der Waals surface area contributed by atoms with Gasteiger partial charge < -0.3 is 15.8 Å². The summed E-state index contributed by atoms with van der Waals surface area (Å²) in [4.78, 5) is 49.6. The summed E-state index contributed by atoms with van der Waals surface area (Å²) >= 11 is 12.6. The lowest BCUT2D eigenvalue weighted by Gasteiger charge is -2.42. The Morgan fingerprint density at radius 2 is 1.91 bits per heavy atom. The van der Waals surface area contributed by atoms with Crippen LogP contribution in [-0.4, -0.2) is 53.0 Å². The van der Waals surface area contributed by atoms with Crippen LogP contribution in [0.1, 0.15) is 67.9 Å². The number of halogens is 3. The number of pyridine rings is 1. The summed E-state index contributed by atoms with van der Waals surface area (Å²) in [6.07, 6.45) is 1.96. The van der Waals surface area contributed by atoms with Crippen LogP contribution in [-0.2, 0) is 15.0 Å². The van der Waals surface area contributed by atoms with Gasteiger partial charge in [0.15, 0.2) is 0 Å². The number of aromatic nitrogens is 1. The van der Waals surface area contributed by atoms with Crippen LogP contribution in [0.5, 0.6) is 5.75 Å². The summed E-state index contributed by atoms with van der Waals surface area (Å²) in [6.45, 7) is 8.16. The SMILES string of the molecule is CC[C@H]1N(c2ccc(C(N)=O)cc2OC)C(=O)[C@H]2[C@H](c3cccc(Cl)c3F)C3(C(=O)Nc4cc(Cl)ncc43)[C@H](CC(C)(C)C)N21. The zero-order chi connectivity index (χ0) is 32.6. The Kier molecular flexibility index (Phi) is 7.61. The molecule has 0 aliphatic carbocycles. The third-order valence-electron chi connectivity index (χ3n) is 9.30. The highest BCUT2D eigenvalue weighted by atomic mass is 35.5. The molecule has 3 aliphatic heterocycles. The van der Waals surface area contributed by atoms with Gasteiger partial charge in [0.25, 0.3) is 0 Å². The Labute approximate surface area is 270 Å². The van der Waals surface area contributed by atoms with E-state index in [4.69, 9.17) is 33.7 Å². The fourth-order valence-electron chi connectivity index (χ4n) is 7.72. The van der Waals surface area contributed by atoms with Crippen LogP contribution < -0.4 is 20.7 Å². The first-order chi connectivity index (χ1) is 21.3. The maximum absolute atomic E-state index is 16.2. The molecule has 2 saturated heterocycles. The topological polar surface area (TPSA) is 118 Å². The molecule has 0 bridgehead atoms. The zero-order valence-electron chi connectivity index (χ0n) is 25.5. The molecule has 0 saturated carbocycles. The maximum Gasteiger partial charge on any atom is 0.248 e. The van der Waals surface area contributed by atoms with E-state index in [2.05, 4.69) is 36.0 Å². The Balaban J connectivity index is 1.66. The third kappa shape index (κ3) is 4.60. The molecule has 3 N–H and O–H groups in total. The molecule has 1 unspecified atom stereocenters. The van der Waals surface area contributed by atoms with Crippen molar-refractivity contribution in [3.8, 4) is 5.75 Å². The Hall–Kier alpha value is -3.73. The standard InChI is InChI=1S/C33H34Cl2FN5O4/c1-6-25-40(21-11-10-16(29(37)42)12-22(21)45-5)30(43)28-26(17-8-7-9-19(34)27(17)36)33(23(41(25)28)14-32(2,3)4)18-15-38-24(35)13-20(18)39-31(33)44/h7-13,15,23,25-26,28H,6,14H2,1-5H3,(H2,37,42)(H,39,44)/t23-,25-,26-,28+,33?/m0/s1. The predicted molar refractivity (Wildman–Crippen MR) is 170 cm³/mol. The highest BCUT2D eigenvalue weighted by molar-refractivity contribution is 6.31. The number of hydrogen-bond acceptors (Lipinski definition) is 6. The van der Waals surface area contributed by atoms with E-state index in [1.165, 1.54) is 19.2 Å². The van der Waals surface area contributed by atoms with E-state index in [0.29, 0.717) is 29.8 Å². The highest BCUT2D eigenvalue weighted by Crippen LogP contribution is 2.63. The van der Waals surface area contributed by atoms with E-state index in [0.717, 1.165) is 0 Å². The number of amides is 3. The van der Waals surface area contributed by atoms with E-state index in [-0.39, 0.29) is 44.3 Å². The number of benzene rings is 2. The molecule has 2 aromatic carbocycles. The van der Waals surface area contributed by atoms with Crippen LogP contribution in [0.2, 0.25) is 10.2 Å². The van der Waals surface area contributed by atoms with E-state index >= 15 is 4.39 Å². The van der Waals surface area contributed by atoms with Crippen molar-refractivity contribution in [2.45, 2.75) is 70.1 Å². The van der Waals surface area contributed by atoms with Crippen molar-refractivity contribution < 1.29 is 23.5 Å². The minimum absolute atomic E-state index is 0.112. The van der Waals surface area contributed by atoms with E-state index in [9.17, 15) is 14.4 Å². The largest absolute Gasteiger partial charge is 0.495 e. The fourth-order valence-corrected chi connectivity index (χ4v) is 8.06. The van der Waals surface area contributed by atoms with Crippen molar-refractivity contribution in [3.05, 3.63) is 81.3 Å². The molecule has 5 atom stereocenters. The van der Waals surface area contributed by atoms with Gasteiger partial charge in [-0.2, -0.15) is 0 Å². The lowest BCUT2D eigenvalue weighted by Crippen LogP contribution is -2.54. The van der Waals surface area contributed by atoms with Crippen molar-refractivity contribution >= 4 is 52.3 Å². The summed E-state index contributed by atoms with van der Waals surface area (Å²) in [7, 11) is 1.45. The number of methoxy groups -OCH3 is 1. The summed E-state index contributed by atoms with van der Waals surface area (Å²) in [5.41, 5.74) is 5.66. The van der Waals surface area contributed by atoms with Crippen molar-refractivity contribution in [2.75, 3.05) is 17.3 Å². The Morgan fingerprint density at radius 1 is 1.18 bits per heavy atom. The summed E-state index contributed by atoms with van der Waals surface area (Å²) in [6, 6.07) is 9.38. The minimum atomic E-state index is -1.41. The van der Waals surface area contributed by atoms with Crippen molar-refractivity contribution in [1.82, 2.24) is 9.88 Å². The third-order valence-corrected chi connectivity index (χ3v) is 9.80.